The van der Waals surface area contributed by atoms with Gasteiger partial charge in [0.25, 0.3) is 0 Å². The smallest absolute Gasteiger partial charge is 0.186 e. The van der Waals surface area contributed by atoms with E-state index in [4.69, 9.17) is 16.2 Å². The normalized spacial score (nSPS) is 12.8. The van der Waals surface area contributed by atoms with Crippen LogP contribution in [0.1, 0.15) is 12.0 Å². The molecule has 72 valence electrons. The zero-order chi connectivity index (χ0) is 9.68. The molecule has 0 radical (unpaired) electrons. The minimum Gasteiger partial charge on any atom is -0.302 e. The standard InChI is InChI=1S/C9H11ClO2S/c10-6-2-4-8-3-1-5-9(7-8)13(11)12/h1,3,5,7H,2,4,6H2,(H,11,12). The van der Waals surface area contributed by atoms with E-state index < -0.39 is 11.1 Å². The molecule has 0 aliphatic carbocycles. The Hall–Kier alpha value is -0.380. The summed E-state index contributed by atoms with van der Waals surface area (Å²) < 4.78 is 19.5. The molecule has 1 N–H and O–H groups in total. The molecule has 1 atom stereocenters. The fourth-order valence-corrected chi connectivity index (χ4v) is 1.66. The predicted octanol–water partition coefficient (Wildman–Crippen LogP) is 2.44. The van der Waals surface area contributed by atoms with Crippen LogP contribution in [0.25, 0.3) is 0 Å². The van der Waals surface area contributed by atoms with Gasteiger partial charge in [-0.05, 0) is 30.5 Å². The van der Waals surface area contributed by atoms with Crippen LogP contribution < -0.4 is 0 Å². The van der Waals surface area contributed by atoms with Crippen molar-refractivity contribution >= 4 is 22.7 Å². The Kier molecular flexibility index (Phi) is 4.42. The van der Waals surface area contributed by atoms with Gasteiger partial charge in [-0.25, -0.2) is 4.21 Å². The first kappa shape index (κ1) is 10.7. The molecular weight excluding hydrogens is 208 g/mol. The minimum absolute atomic E-state index is 0.451. The number of rotatable bonds is 4. The fraction of sp³-hybridized carbons (Fsp3) is 0.333. The number of alkyl halides is 1. The molecule has 0 amide bonds. The molecule has 0 aliphatic rings. The van der Waals surface area contributed by atoms with E-state index in [1.807, 2.05) is 6.07 Å². The summed E-state index contributed by atoms with van der Waals surface area (Å²) in [7, 11) is 0. The molecule has 0 aromatic heterocycles. The van der Waals surface area contributed by atoms with Crippen molar-refractivity contribution in [2.24, 2.45) is 0 Å². The Bertz CT molecular complexity index is 301. The van der Waals surface area contributed by atoms with Crippen molar-refractivity contribution in [2.75, 3.05) is 5.88 Å². The lowest BCUT2D eigenvalue weighted by atomic mass is 10.1. The second-order valence-corrected chi connectivity index (χ2v) is 4.04. The summed E-state index contributed by atoms with van der Waals surface area (Å²) in [5.74, 6) is 0.618. The molecule has 1 aromatic carbocycles. The van der Waals surface area contributed by atoms with Gasteiger partial charge in [-0.15, -0.1) is 11.6 Å². The van der Waals surface area contributed by atoms with Gasteiger partial charge >= 0.3 is 0 Å². The molecule has 1 rings (SSSR count). The number of hydrogen-bond acceptors (Lipinski definition) is 1. The second kappa shape index (κ2) is 5.37. The zero-order valence-electron chi connectivity index (χ0n) is 7.07. The molecule has 1 unspecified atom stereocenters. The van der Waals surface area contributed by atoms with E-state index in [1.54, 1.807) is 18.2 Å². The van der Waals surface area contributed by atoms with Crippen molar-refractivity contribution < 1.29 is 8.76 Å². The Morgan fingerprint density at radius 3 is 2.85 bits per heavy atom. The summed E-state index contributed by atoms with van der Waals surface area (Å²) in [6.45, 7) is 0. The van der Waals surface area contributed by atoms with E-state index >= 15 is 0 Å². The molecule has 0 bridgehead atoms. The van der Waals surface area contributed by atoms with Crippen LogP contribution >= 0.6 is 11.6 Å². The van der Waals surface area contributed by atoms with Crippen LogP contribution in [0.5, 0.6) is 0 Å². The van der Waals surface area contributed by atoms with E-state index in [0.29, 0.717) is 10.8 Å². The van der Waals surface area contributed by atoms with Gasteiger partial charge in [0, 0.05) is 5.88 Å². The molecule has 0 saturated carbocycles. The van der Waals surface area contributed by atoms with Crippen LogP contribution in [0.4, 0.5) is 0 Å². The van der Waals surface area contributed by atoms with Crippen LogP contribution in [0.2, 0.25) is 0 Å². The Labute approximate surface area is 85.2 Å². The van der Waals surface area contributed by atoms with Gasteiger partial charge in [0.2, 0.25) is 0 Å². The molecule has 1 aromatic rings. The van der Waals surface area contributed by atoms with Gasteiger partial charge in [-0.3, -0.25) is 0 Å². The van der Waals surface area contributed by atoms with Gasteiger partial charge in [0.15, 0.2) is 11.1 Å². The maximum absolute atomic E-state index is 10.7. The van der Waals surface area contributed by atoms with E-state index in [1.165, 1.54) is 0 Å². The Morgan fingerprint density at radius 1 is 1.46 bits per heavy atom. The monoisotopic (exact) mass is 218 g/mol. The summed E-state index contributed by atoms with van der Waals surface area (Å²) in [6.07, 6.45) is 1.75. The molecule has 13 heavy (non-hydrogen) atoms. The third-order valence-electron chi connectivity index (χ3n) is 1.70. The van der Waals surface area contributed by atoms with E-state index in [9.17, 15) is 4.21 Å². The van der Waals surface area contributed by atoms with Crippen molar-refractivity contribution in [3.8, 4) is 0 Å². The summed E-state index contributed by atoms with van der Waals surface area (Å²) in [5, 5.41) is 0. The van der Waals surface area contributed by atoms with Gasteiger partial charge in [-0.2, -0.15) is 0 Å². The summed E-state index contributed by atoms with van der Waals surface area (Å²) in [4.78, 5) is 0.451. The lowest BCUT2D eigenvalue weighted by molar-refractivity contribution is 0.564. The van der Waals surface area contributed by atoms with Crippen molar-refractivity contribution in [3.05, 3.63) is 29.8 Å². The number of halogens is 1. The topological polar surface area (TPSA) is 37.3 Å². The Morgan fingerprint density at radius 2 is 2.23 bits per heavy atom. The Balaban J connectivity index is 2.73. The number of benzene rings is 1. The van der Waals surface area contributed by atoms with Crippen molar-refractivity contribution in [3.63, 3.8) is 0 Å². The second-order valence-electron chi connectivity index (χ2n) is 2.69. The summed E-state index contributed by atoms with van der Waals surface area (Å²) >= 11 is 3.67. The van der Waals surface area contributed by atoms with E-state index in [2.05, 4.69) is 0 Å². The highest BCUT2D eigenvalue weighted by Gasteiger charge is 2.00. The van der Waals surface area contributed by atoms with Crippen LogP contribution in [0, 0.1) is 0 Å². The molecular formula is C9H11ClO2S. The number of aryl methyl sites for hydroxylation is 1. The molecule has 0 saturated heterocycles. The average Bonchev–Trinajstić information content (AvgIpc) is 2.15. The summed E-state index contributed by atoms with van der Waals surface area (Å²) in [6, 6.07) is 7.10. The molecule has 0 spiro atoms. The predicted molar refractivity (Wildman–Crippen MR) is 54.5 cm³/mol. The molecule has 0 fully saturated rings. The van der Waals surface area contributed by atoms with E-state index in [0.717, 1.165) is 18.4 Å². The lowest BCUT2D eigenvalue weighted by Gasteiger charge is -2.00. The van der Waals surface area contributed by atoms with E-state index in [-0.39, 0.29) is 0 Å². The van der Waals surface area contributed by atoms with Crippen LogP contribution in [0.15, 0.2) is 29.2 Å². The van der Waals surface area contributed by atoms with Gasteiger partial charge in [0.1, 0.15) is 0 Å². The summed E-state index contributed by atoms with van der Waals surface area (Å²) in [5.41, 5.74) is 1.06. The SMILES string of the molecule is O=S(O)c1cccc(CCCCl)c1. The van der Waals surface area contributed by atoms with Crippen LogP contribution in [-0.4, -0.2) is 14.6 Å². The van der Waals surface area contributed by atoms with Crippen LogP contribution in [-0.2, 0) is 17.5 Å². The average molecular weight is 219 g/mol. The highest BCUT2D eigenvalue weighted by atomic mass is 35.5. The molecule has 2 nitrogen and oxygen atoms in total. The van der Waals surface area contributed by atoms with Gasteiger partial charge in [0.05, 0.1) is 4.90 Å². The maximum Gasteiger partial charge on any atom is 0.186 e. The zero-order valence-corrected chi connectivity index (χ0v) is 8.64. The van der Waals surface area contributed by atoms with Crippen molar-refractivity contribution in [1.82, 2.24) is 0 Å². The van der Waals surface area contributed by atoms with Crippen molar-refractivity contribution in [1.29, 1.82) is 0 Å². The molecule has 0 aliphatic heterocycles. The molecule has 0 heterocycles. The quantitative estimate of drug-likeness (QED) is 0.623. The van der Waals surface area contributed by atoms with Gasteiger partial charge in [-0.1, -0.05) is 12.1 Å². The first-order valence-corrected chi connectivity index (χ1v) is 5.64. The first-order valence-electron chi connectivity index (χ1n) is 4.00. The molecule has 4 heteroatoms. The van der Waals surface area contributed by atoms with Crippen molar-refractivity contribution in [2.45, 2.75) is 17.7 Å². The largest absolute Gasteiger partial charge is 0.302 e. The third kappa shape index (κ3) is 3.46. The lowest BCUT2D eigenvalue weighted by Crippen LogP contribution is -1.91. The van der Waals surface area contributed by atoms with Crippen LogP contribution in [0.3, 0.4) is 0 Å². The number of hydrogen-bond donors (Lipinski definition) is 1. The highest BCUT2D eigenvalue weighted by Crippen LogP contribution is 2.10. The third-order valence-corrected chi connectivity index (χ3v) is 2.62. The van der Waals surface area contributed by atoms with Gasteiger partial charge < -0.3 is 4.55 Å². The first-order chi connectivity index (χ1) is 6.24. The maximum atomic E-state index is 10.7. The fourth-order valence-electron chi connectivity index (χ4n) is 1.08. The minimum atomic E-state index is -1.88. The highest BCUT2D eigenvalue weighted by molar-refractivity contribution is 7.79.